The molecule has 1 aliphatic rings. The Labute approximate surface area is 150 Å². The molecule has 0 aliphatic heterocycles. The van der Waals surface area contributed by atoms with E-state index in [1.54, 1.807) is 25.3 Å². The van der Waals surface area contributed by atoms with Crippen molar-refractivity contribution in [3.63, 3.8) is 0 Å². The second-order valence-electron chi connectivity index (χ2n) is 5.59. The monoisotopic (exact) mass is 392 g/mol. The predicted octanol–water partition coefficient (Wildman–Crippen LogP) is 3.82. The maximum Gasteiger partial charge on any atom is 0.262 e. The molecule has 5 nitrogen and oxygen atoms in total. The summed E-state index contributed by atoms with van der Waals surface area (Å²) in [5, 5.41) is 12.3. The molecular weight excluding hydrogens is 372 g/mol. The van der Waals surface area contributed by atoms with Crippen molar-refractivity contribution in [2.24, 2.45) is 0 Å². The van der Waals surface area contributed by atoms with E-state index in [-0.39, 0.29) is 17.5 Å². The number of hydrogen-bond acceptors (Lipinski definition) is 4. The quantitative estimate of drug-likeness (QED) is 0.589. The number of amides is 1. The second-order valence-corrected chi connectivity index (χ2v) is 6.45. The van der Waals surface area contributed by atoms with Crippen LogP contribution in [0.2, 0.25) is 0 Å². The highest BCUT2D eigenvalue weighted by Gasteiger charge is 2.19. The zero-order chi connectivity index (χ0) is 17.5. The van der Waals surface area contributed by atoms with Gasteiger partial charge in [0, 0.05) is 6.04 Å². The first kappa shape index (κ1) is 18.3. The number of rotatable bonds is 6. The van der Waals surface area contributed by atoms with Crippen LogP contribution in [0.25, 0.3) is 6.08 Å². The molecule has 1 saturated carbocycles. The Morgan fingerprint density at radius 2 is 2.17 bits per heavy atom. The van der Waals surface area contributed by atoms with Crippen molar-refractivity contribution in [3.8, 4) is 17.6 Å². The van der Waals surface area contributed by atoms with Gasteiger partial charge in [-0.25, -0.2) is 0 Å². The summed E-state index contributed by atoms with van der Waals surface area (Å²) in [6.45, 7) is 2.37. The van der Waals surface area contributed by atoms with E-state index >= 15 is 0 Å². The summed E-state index contributed by atoms with van der Waals surface area (Å²) in [6.07, 6.45) is 5.77. The van der Waals surface area contributed by atoms with Crippen LogP contribution < -0.4 is 14.8 Å². The van der Waals surface area contributed by atoms with Gasteiger partial charge in [0.05, 0.1) is 18.2 Å². The number of carbonyl (C=O) groups excluding carboxylic acids is 1. The summed E-state index contributed by atoms with van der Waals surface area (Å²) in [7, 11) is 1.56. The number of halogens is 1. The maximum atomic E-state index is 12.3. The fourth-order valence-electron chi connectivity index (χ4n) is 2.78. The lowest BCUT2D eigenvalue weighted by atomic mass is 10.1. The van der Waals surface area contributed by atoms with Crippen molar-refractivity contribution < 1.29 is 14.3 Å². The lowest BCUT2D eigenvalue weighted by Gasteiger charge is -2.13. The highest BCUT2D eigenvalue weighted by Crippen LogP contribution is 2.37. The molecule has 24 heavy (non-hydrogen) atoms. The highest BCUT2D eigenvalue weighted by atomic mass is 79.9. The summed E-state index contributed by atoms with van der Waals surface area (Å²) in [5.74, 6) is 0.825. The average Bonchev–Trinajstić information content (AvgIpc) is 3.05. The molecule has 1 aromatic rings. The molecule has 0 spiro atoms. The van der Waals surface area contributed by atoms with E-state index in [1.165, 1.54) is 0 Å². The number of ether oxygens (including phenoxy) is 2. The minimum absolute atomic E-state index is 0.0846. The second kappa shape index (κ2) is 8.74. The fraction of sp³-hybridized carbons (Fsp3) is 0.444. The SMILES string of the molecule is CCOc1cc(/C=C(/C#N)C(=O)NC2CCCC2)cc(Br)c1OC. The Bertz CT molecular complexity index is 674. The number of carbonyl (C=O) groups is 1. The number of nitrogens with zero attached hydrogens (tertiary/aromatic N) is 1. The zero-order valence-electron chi connectivity index (χ0n) is 13.9. The van der Waals surface area contributed by atoms with Crippen LogP contribution in [-0.4, -0.2) is 25.7 Å². The molecule has 0 radical (unpaired) electrons. The molecule has 0 unspecified atom stereocenters. The van der Waals surface area contributed by atoms with Crippen LogP contribution in [0.3, 0.4) is 0 Å². The zero-order valence-corrected chi connectivity index (χ0v) is 15.5. The lowest BCUT2D eigenvalue weighted by molar-refractivity contribution is -0.117. The van der Waals surface area contributed by atoms with Crippen LogP contribution in [0.1, 0.15) is 38.2 Å². The molecule has 1 N–H and O–H groups in total. The Hall–Kier alpha value is -2.00. The van der Waals surface area contributed by atoms with Crippen LogP contribution in [0.15, 0.2) is 22.2 Å². The molecule has 0 atom stereocenters. The fourth-order valence-corrected chi connectivity index (χ4v) is 3.40. The van der Waals surface area contributed by atoms with Gasteiger partial charge in [-0.3, -0.25) is 4.79 Å². The minimum Gasteiger partial charge on any atom is -0.492 e. The normalized spacial score (nSPS) is 15.0. The molecule has 1 aliphatic carbocycles. The molecular formula is C18H21BrN2O3. The third kappa shape index (κ3) is 4.51. The van der Waals surface area contributed by atoms with Crippen molar-refractivity contribution in [2.75, 3.05) is 13.7 Å². The van der Waals surface area contributed by atoms with E-state index < -0.39 is 0 Å². The number of benzene rings is 1. The van der Waals surface area contributed by atoms with E-state index in [0.29, 0.717) is 28.1 Å². The summed E-state index contributed by atoms with van der Waals surface area (Å²) >= 11 is 3.43. The standard InChI is InChI=1S/C18H21BrN2O3/c1-3-24-16-10-12(9-15(19)17(16)23-2)8-13(11-20)18(22)21-14-6-4-5-7-14/h8-10,14H,3-7H2,1-2H3,(H,21,22)/b13-8-. The van der Waals surface area contributed by atoms with Gasteiger partial charge in [0.2, 0.25) is 0 Å². The van der Waals surface area contributed by atoms with Crippen molar-refractivity contribution in [1.29, 1.82) is 5.26 Å². The Balaban J connectivity index is 2.26. The molecule has 0 heterocycles. The van der Waals surface area contributed by atoms with Gasteiger partial charge in [-0.2, -0.15) is 5.26 Å². The van der Waals surface area contributed by atoms with Crippen molar-refractivity contribution in [1.82, 2.24) is 5.32 Å². The van der Waals surface area contributed by atoms with E-state index in [2.05, 4.69) is 21.2 Å². The van der Waals surface area contributed by atoms with Gasteiger partial charge in [0.25, 0.3) is 5.91 Å². The molecule has 6 heteroatoms. The van der Waals surface area contributed by atoms with Crippen molar-refractivity contribution in [2.45, 2.75) is 38.6 Å². The third-order valence-electron chi connectivity index (χ3n) is 3.90. The van der Waals surface area contributed by atoms with E-state index in [9.17, 15) is 10.1 Å². The summed E-state index contributed by atoms with van der Waals surface area (Å²) in [5.41, 5.74) is 0.783. The molecule has 1 aromatic carbocycles. The van der Waals surface area contributed by atoms with Crippen molar-refractivity contribution in [3.05, 3.63) is 27.7 Å². The molecule has 1 fully saturated rings. The van der Waals surface area contributed by atoms with Gasteiger partial charge in [-0.15, -0.1) is 0 Å². The smallest absolute Gasteiger partial charge is 0.262 e. The summed E-state index contributed by atoms with van der Waals surface area (Å²) in [6, 6.07) is 5.71. The van der Waals surface area contributed by atoms with Crippen LogP contribution in [0.4, 0.5) is 0 Å². The molecule has 0 aromatic heterocycles. The summed E-state index contributed by atoms with van der Waals surface area (Å²) < 4.78 is 11.6. The van der Waals surface area contributed by atoms with Gasteiger partial charge >= 0.3 is 0 Å². The van der Waals surface area contributed by atoms with E-state index in [4.69, 9.17) is 9.47 Å². The largest absolute Gasteiger partial charge is 0.492 e. The van der Waals surface area contributed by atoms with Gasteiger partial charge in [-0.05, 0) is 59.5 Å². The minimum atomic E-state index is -0.325. The first-order chi connectivity index (χ1) is 11.6. The van der Waals surface area contributed by atoms with Crippen LogP contribution in [0, 0.1) is 11.3 Å². The number of nitrogens with one attached hydrogen (secondary N) is 1. The van der Waals surface area contributed by atoms with Crippen LogP contribution in [0.5, 0.6) is 11.5 Å². The number of nitriles is 1. The van der Waals surface area contributed by atoms with Gasteiger partial charge in [-0.1, -0.05) is 12.8 Å². The van der Waals surface area contributed by atoms with Crippen LogP contribution in [-0.2, 0) is 4.79 Å². The number of methoxy groups -OCH3 is 1. The Kier molecular flexibility index (Phi) is 6.68. The first-order valence-electron chi connectivity index (χ1n) is 8.02. The van der Waals surface area contributed by atoms with E-state index in [1.807, 2.05) is 13.0 Å². The van der Waals surface area contributed by atoms with Crippen LogP contribution >= 0.6 is 15.9 Å². The molecule has 2 rings (SSSR count). The van der Waals surface area contributed by atoms with E-state index in [0.717, 1.165) is 25.7 Å². The first-order valence-corrected chi connectivity index (χ1v) is 8.81. The number of hydrogen-bond donors (Lipinski definition) is 1. The average molecular weight is 393 g/mol. The molecule has 1 amide bonds. The highest BCUT2D eigenvalue weighted by molar-refractivity contribution is 9.10. The Morgan fingerprint density at radius 3 is 2.75 bits per heavy atom. The topological polar surface area (TPSA) is 71.3 Å². The molecule has 128 valence electrons. The van der Waals surface area contributed by atoms with Gasteiger partial charge in [0.15, 0.2) is 11.5 Å². The van der Waals surface area contributed by atoms with Gasteiger partial charge < -0.3 is 14.8 Å². The summed E-state index contributed by atoms with van der Waals surface area (Å²) in [4.78, 5) is 12.3. The predicted molar refractivity (Wildman–Crippen MR) is 95.9 cm³/mol. The lowest BCUT2D eigenvalue weighted by Crippen LogP contribution is -2.33. The third-order valence-corrected chi connectivity index (χ3v) is 4.49. The Morgan fingerprint density at radius 1 is 1.46 bits per heavy atom. The van der Waals surface area contributed by atoms with Crippen molar-refractivity contribution >= 4 is 27.9 Å². The maximum absolute atomic E-state index is 12.3. The molecule has 0 bridgehead atoms. The molecule has 0 saturated heterocycles. The van der Waals surface area contributed by atoms with Gasteiger partial charge in [0.1, 0.15) is 11.6 Å².